The third-order valence-electron chi connectivity index (χ3n) is 3.52. The maximum absolute atomic E-state index is 12.1. The zero-order valence-corrected chi connectivity index (χ0v) is 12.1. The van der Waals surface area contributed by atoms with Crippen LogP contribution < -0.4 is 0 Å². The Morgan fingerprint density at radius 2 is 2.15 bits per heavy atom. The molecule has 1 atom stereocenters. The predicted octanol–water partition coefficient (Wildman–Crippen LogP) is 0.433. The fourth-order valence-electron chi connectivity index (χ4n) is 2.28. The second-order valence-electron chi connectivity index (χ2n) is 4.83. The van der Waals surface area contributed by atoms with Crippen LogP contribution in [0.15, 0.2) is 12.7 Å². The Morgan fingerprint density at radius 1 is 1.45 bits per heavy atom. The zero-order chi connectivity index (χ0) is 15.1. The number of rotatable bonds is 6. The van der Waals surface area contributed by atoms with E-state index in [0.717, 1.165) is 6.42 Å². The third-order valence-corrected chi connectivity index (χ3v) is 3.52. The summed E-state index contributed by atoms with van der Waals surface area (Å²) in [5.41, 5.74) is 0. The van der Waals surface area contributed by atoms with Crippen LogP contribution in [-0.4, -0.2) is 60.9 Å². The summed E-state index contributed by atoms with van der Waals surface area (Å²) in [4.78, 5) is 38.0. The van der Waals surface area contributed by atoms with Crippen molar-refractivity contribution >= 4 is 17.8 Å². The Hall–Kier alpha value is -1.85. The number of esters is 1. The lowest BCUT2D eigenvalue weighted by Crippen LogP contribution is -2.41. The fourth-order valence-corrected chi connectivity index (χ4v) is 2.28. The lowest BCUT2D eigenvalue weighted by atomic mass is 10.1. The number of ether oxygens (including phenoxy) is 1. The molecule has 0 radical (unpaired) electrons. The monoisotopic (exact) mass is 282 g/mol. The van der Waals surface area contributed by atoms with Crippen LogP contribution >= 0.6 is 0 Å². The van der Waals surface area contributed by atoms with E-state index in [0.29, 0.717) is 26.1 Å². The second kappa shape index (κ2) is 7.67. The standard InChI is InChI=1S/C14H22N2O4/c1-4-12(17)15(5-2)10-13(18)16-7-6-11(9-16)8-14(19)20-3/h4,11H,1,5-10H2,2-3H3. The van der Waals surface area contributed by atoms with Crippen molar-refractivity contribution in [1.82, 2.24) is 9.80 Å². The summed E-state index contributed by atoms with van der Waals surface area (Å²) >= 11 is 0. The highest BCUT2D eigenvalue weighted by atomic mass is 16.5. The van der Waals surface area contributed by atoms with Crippen LogP contribution in [-0.2, 0) is 19.1 Å². The van der Waals surface area contributed by atoms with Crippen LogP contribution in [0.2, 0.25) is 0 Å². The number of nitrogens with zero attached hydrogens (tertiary/aromatic N) is 2. The summed E-state index contributed by atoms with van der Waals surface area (Å²) in [5, 5.41) is 0. The van der Waals surface area contributed by atoms with Crippen LogP contribution in [0.1, 0.15) is 19.8 Å². The lowest BCUT2D eigenvalue weighted by Gasteiger charge is -2.23. The zero-order valence-electron chi connectivity index (χ0n) is 12.1. The number of likely N-dealkylation sites (N-methyl/N-ethyl adjacent to an activating group) is 1. The number of carbonyl (C=O) groups excluding carboxylic acids is 3. The van der Waals surface area contributed by atoms with Gasteiger partial charge < -0.3 is 14.5 Å². The Labute approximate surface area is 119 Å². The molecule has 6 heteroatoms. The van der Waals surface area contributed by atoms with Gasteiger partial charge in [0.25, 0.3) is 0 Å². The summed E-state index contributed by atoms with van der Waals surface area (Å²) in [7, 11) is 1.36. The van der Waals surface area contributed by atoms with Crippen molar-refractivity contribution in [3.05, 3.63) is 12.7 Å². The van der Waals surface area contributed by atoms with Gasteiger partial charge in [0.1, 0.15) is 0 Å². The summed E-state index contributed by atoms with van der Waals surface area (Å²) < 4.78 is 4.63. The molecule has 0 saturated carbocycles. The maximum Gasteiger partial charge on any atom is 0.305 e. The highest BCUT2D eigenvalue weighted by molar-refractivity contribution is 5.91. The first-order valence-corrected chi connectivity index (χ1v) is 6.77. The van der Waals surface area contributed by atoms with Gasteiger partial charge in [0, 0.05) is 19.6 Å². The number of methoxy groups -OCH3 is 1. The largest absolute Gasteiger partial charge is 0.469 e. The van der Waals surface area contributed by atoms with E-state index in [1.54, 1.807) is 4.90 Å². The van der Waals surface area contributed by atoms with Gasteiger partial charge >= 0.3 is 5.97 Å². The van der Waals surface area contributed by atoms with E-state index >= 15 is 0 Å². The molecule has 1 aliphatic rings. The van der Waals surface area contributed by atoms with Crippen LogP contribution in [0.5, 0.6) is 0 Å². The molecular weight excluding hydrogens is 260 g/mol. The van der Waals surface area contributed by atoms with E-state index in [9.17, 15) is 14.4 Å². The smallest absolute Gasteiger partial charge is 0.305 e. The number of hydrogen-bond acceptors (Lipinski definition) is 4. The molecule has 0 N–H and O–H groups in total. The average Bonchev–Trinajstić information content (AvgIpc) is 2.91. The molecule has 0 aromatic heterocycles. The van der Waals surface area contributed by atoms with E-state index in [2.05, 4.69) is 11.3 Å². The minimum absolute atomic E-state index is 0.0618. The summed E-state index contributed by atoms with van der Waals surface area (Å²) in [6.45, 7) is 6.94. The van der Waals surface area contributed by atoms with Crippen molar-refractivity contribution in [2.45, 2.75) is 19.8 Å². The van der Waals surface area contributed by atoms with Crippen molar-refractivity contribution in [2.24, 2.45) is 5.92 Å². The van der Waals surface area contributed by atoms with E-state index < -0.39 is 0 Å². The maximum atomic E-state index is 12.1. The number of likely N-dealkylation sites (tertiary alicyclic amines) is 1. The highest BCUT2D eigenvalue weighted by Gasteiger charge is 2.29. The van der Waals surface area contributed by atoms with E-state index in [1.807, 2.05) is 6.92 Å². The van der Waals surface area contributed by atoms with Gasteiger partial charge in [0.05, 0.1) is 20.1 Å². The quantitative estimate of drug-likeness (QED) is 0.523. The summed E-state index contributed by atoms with van der Waals surface area (Å²) in [5.74, 6) is -0.432. The molecule has 0 aliphatic carbocycles. The summed E-state index contributed by atoms with van der Waals surface area (Å²) in [6.07, 6.45) is 2.34. The molecule has 1 fully saturated rings. The lowest BCUT2D eigenvalue weighted by molar-refractivity contribution is -0.142. The third kappa shape index (κ3) is 4.36. The topological polar surface area (TPSA) is 66.9 Å². The molecular formula is C14H22N2O4. The molecule has 2 amide bonds. The van der Waals surface area contributed by atoms with E-state index in [-0.39, 0.29) is 30.2 Å². The second-order valence-corrected chi connectivity index (χ2v) is 4.83. The van der Waals surface area contributed by atoms with Crippen molar-refractivity contribution in [1.29, 1.82) is 0 Å². The normalized spacial score (nSPS) is 17.7. The van der Waals surface area contributed by atoms with Gasteiger partial charge in [-0.05, 0) is 25.3 Å². The van der Waals surface area contributed by atoms with Crippen LogP contribution in [0.3, 0.4) is 0 Å². The highest BCUT2D eigenvalue weighted by Crippen LogP contribution is 2.20. The first-order valence-electron chi connectivity index (χ1n) is 6.77. The Bertz CT molecular complexity index is 395. The molecule has 0 spiro atoms. The number of carbonyl (C=O) groups is 3. The van der Waals surface area contributed by atoms with Gasteiger partial charge in [0.2, 0.25) is 11.8 Å². The van der Waals surface area contributed by atoms with Gasteiger partial charge in [-0.1, -0.05) is 6.58 Å². The molecule has 112 valence electrons. The first-order chi connectivity index (χ1) is 9.51. The molecule has 0 bridgehead atoms. The molecule has 1 aliphatic heterocycles. The minimum Gasteiger partial charge on any atom is -0.469 e. The summed E-state index contributed by atoms with van der Waals surface area (Å²) in [6, 6.07) is 0. The average molecular weight is 282 g/mol. The molecule has 1 saturated heterocycles. The Balaban J connectivity index is 2.47. The SMILES string of the molecule is C=CC(=O)N(CC)CC(=O)N1CCC(CC(=O)OC)C1. The van der Waals surface area contributed by atoms with Gasteiger partial charge in [-0.25, -0.2) is 0 Å². The van der Waals surface area contributed by atoms with Crippen molar-refractivity contribution in [3.63, 3.8) is 0 Å². The Morgan fingerprint density at radius 3 is 2.70 bits per heavy atom. The Kier molecular flexibility index (Phi) is 6.21. The molecule has 1 unspecified atom stereocenters. The van der Waals surface area contributed by atoms with Crippen LogP contribution in [0.25, 0.3) is 0 Å². The minimum atomic E-state index is -0.249. The van der Waals surface area contributed by atoms with Gasteiger partial charge in [-0.15, -0.1) is 0 Å². The van der Waals surface area contributed by atoms with Gasteiger partial charge in [-0.3, -0.25) is 14.4 Å². The van der Waals surface area contributed by atoms with E-state index in [4.69, 9.17) is 0 Å². The molecule has 1 rings (SSSR count). The molecule has 6 nitrogen and oxygen atoms in total. The van der Waals surface area contributed by atoms with Crippen LogP contribution in [0, 0.1) is 5.92 Å². The van der Waals surface area contributed by atoms with E-state index in [1.165, 1.54) is 18.1 Å². The first kappa shape index (κ1) is 16.2. The molecule has 1 heterocycles. The molecule has 20 heavy (non-hydrogen) atoms. The molecule has 0 aromatic carbocycles. The van der Waals surface area contributed by atoms with Gasteiger partial charge in [0.15, 0.2) is 0 Å². The predicted molar refractivity (Wildman–Crippen MR) is 73.8 cm³/mol. The van der Waals surface area contributed by atoms with Crippen molar-refractivity contribution in [3.8, 4) is 0 Å². The number of amides is 2. The number of hydrogen-bond donors (Lipinski definition) is 0. The van der Waals surface area contributed by atoms with Gasteiger partial charge in [-0.2, -0.15) is 0 Å². The fraction of sp³-hybridized carbons (Fsp3) is 0.643. The van der Waals surface area contributed by atoms with Crippen LogP contribution in [0.4, 0.5) is 0 Å². The van der Waals surface area contributed by atoms with Crippen molar-refractivity contribution in [2.75, 3.05) is 33.3 Å². The molecule has 0 aromatic rings. The van der Waals surface area contributed by atoms with Crippen molar-refractivity contribution < 1.29 is 19.1 Å².